The summed E-state index contributed by atoms with van der Waals surface area (Å²) in [6.07, 6.45) is 9.68. The molecule has 0 radical (unpaired) electrons. The molecule has 0 heterocycles. The first-order valence-electron chi connectivity index (χ1n) is 13.7. The van der Waals surface area contributed by atoms with Gasteiger partial charge < -0.3 is 9.84 Å². The zero-order chi connectivity index (χ0) is 24.1. The molecule has 0 aromatic carbocycles. The molecule has 0 aromatic rings. The Morgan fingerprint density at radius 3 is 2.55 bits per heavy atom. The molecular formula is C29H46O4. The second-order valence-corrected chi connectivity index (χ2v) is 12.4. The number of fused-ring (bicyclic) bond motifs is 5. The van der Waals surface area contributed by atoms with E-state index in [0.717, 1.165) is 25.7 Å². The minimum absolute atomic E-state index is 0.0575. The third kappa shape index (κ3) is 3.93. The van der Waals surface area contributed by atoms with Gasteiger partial charge in [-0.05, 0) is 98.4 Å². The lowest BCUT2D eigenvalue weighted by Gasteiger charge is -2.62. The number of esters is 1. The molecule has 4 heteroatoms. The number of ketones is 1. The van der Waals surface area contributed by atoms with Crippen LogP contribution in [0.25, 0.3) is 0 Å². The van der Waals surface area contributed by atoms with Crippen molar-refractivity contribution in [1.29, 1.82) is 0 Å². The highest BCUT2D eigenvalue weighted by Gasteiger charge is 2.63. The first-order valence-corrected chi connectivity index (χ1v) is 13.7. The number of aliphatic hydroxyl groups is 1. The largest absolute Gasteiger partial charge is 0.466 e. The van der Waals surface area contributed by atoms with Gasteiger partial charge in [-0.15, -0.1) is 0 Å². The first-order chi connectivity index (χ1) is 15.6. The Morgan fingerprint density at radius 1 is 1.15 bits per heavy atom. The van der Waals surface area contributed by atoms with E-state index in [0.29, 0.717) is 42.6 Å². The fourth-order valence-electron chi connectivity index (χ4n) is 9.27. The van der Waals surface area contributed by atoms with Crippen molar-refractivity contribution >= 4 is 11.8 Å². The van der Waals surface area contributed by atoms with Gasteiger partial charge >= 0.3 is 5.97 Å². The van der Waals surface area contributed by atoms with Crippen LogP contribution in [0.3, 0.4) is 0 Å². The molecule has 4 unspecified atom stereocenters. The molecule has 186 valence electrons. The van der Waals surface area contributed by atoms with Crippen LogP contribution in [0, 0.1) is 52.3 Å². The molecule has 0 aliphatic heterocycles. The lowest BCUT2D eigenvalue weighted by Crippen LogP contribution is -2.58. The number of aliphatic hydroxyl groups excluding tert-OH is 1. The Labute approximate surface area is 200 Å². The van der Waals surface area contributed by atoms with E-state index in [9.17, 15) is 14.7 Å². The number of carbonyl (C=O) groups excluding carboxylic acids is 2. The number of hydrogen-bond acceptors (Lipinski definition) is 4. The molecule has 3 saturated carbocycles. The molecule has 0 saturated heterocycles. The van der Waals surface area contributed by atoms with Crippen molar-refractivity contribution in [1.82, 2.24) is 0 Å². The summed E-state index contributed by atoms with van der Waals surface area (Å²) >= 11 is 0. The molecule has 0 aromatic heterocycles. The monoisotopic (exact) mass is 458 g/mol. The zero-order valence-electron chi connectivity index (χ0n) is 21.7. The number of hydrogen-bond donors (Lipinski definition) is 1. The van der Waals surface area contributed by atoms with Crippen LogP contribution in [0.5, 0.6) is 0 Å². The molecule has 10 atom stereocenters. The summed E-state index contributed by atoms with van der Waals surface area (Å²) in [5, 5.41) is 11.8. The predicted octanol–water partition coefficient (Wildman–Crippen LogP) is 5.97. The van der Waals surface area contributed by atoms with Crippen LogP contribution in [0.4, 0.5) is 0 Å². The molecule has 4 aliphatic carbocycles. The van der Waals surface area contributed by atoms with E-state index in [1.165, 1.54) is 24.8 Å². The van der Waals surface area contributed by atoms with E-state index in [1.54, 1.807) is 0 Å². The Bertz CT molecular complexity index is 801. The summed E-state index contributed by atoms with van der Waals surface area (Å²) < 4.78 is 5.28. The molecule has 4 nitrogen and oxygen atoms in total. The summed E-state index contributed by atoms with van der Waals surface area (Å²) in [7, 11) is 0. The van der Waals surface area contributed by atoms with Crippen LogP contribution in [-0.2, 0) is 14.3 Å². The van der Waals surface area contributed by atoms with E-state index in [1.807, 2.05) is 19.9 Å². The van der Waals surface area contributed by atoms with E-state index in [2.05, 4.69) is 27.7 Å². The van der Waals surface area contributed by atoms with Crippen molar-refractivity contribution < 1.29 is 19.4 Å². The van der Waals surface area contributed by atoms with Crippen molar-refractivity contribution in [3.05, 3.63) is 11.6 Å². The molecule has 0 amide bonds. The summed E-state index contributed by atoms with van der Waals surface area (Å²) in [5.74, 6) is 2.61. The van der Waals surface area contributed by atoms with Crippen LogP contribution < -0.4 is 0 Å². The molecule has 0 spiro atoms. The second kappa shape index (κ2) is 9.13. The van der Waals surface area contributed by atoms with Crippen LogP contribution in [0.15, 0.2) is 11.6 Å². The van der Waals surface area contributed by atoms with E-state index >= 15 is 0 Å². The molecule has 0 bridgehead atoms. The van der Waals surface area contributed by atoms with E-state index in [-0.39, 0.29) is 40.5 Å². The molecule has 1 N–H and O–H groups in total. The third-order valence-electron chi connectivity index (χ3n) is 10.8. The number of carbonyl (C=O) groups is 2. The van der Waals surface area contributed by atoms with Crippen molar-refractivity contribution in [2.45, 2.75) is 99.0 Å². The Hall–Kier alpha value is -1.16. The summed E-state index contributed by atoms with van der Waals surface area (Å²) in [6.45, 7) is 13.7. The number of rotatable bonds is 6. The van der Waals surface area contributed by atoms with Crippen molar-refractivity contribution in [2.24, 2.45) is 52.3 Å². The topological polar surface area (TPSA) is 63.6 Å². The second-order valence-electron chi connectivity index (χ2n) is 12.4. The van der Waals surface area contributed by atoms with Gasteiger partial charge in [-0.25, -0.2) is 0 Å². The lowest BCUT2D eigenvalue weighted by molar-refractivity contribution is -0.148. The summed E-state index contributed by atoms with van der Waals surface area (Å²) in [6, 6.07) is 0. The van der Waals surface area contributed by atoms with Gasteiger partial charge in [0.25, 0.3) is 0 Å². The SMILES string of the molecule is CCOC(=O)C(C)C[C@@H](C)[C@H]1CCC2C3C(CC[C@@]21C)[C@@]1(C)CCC(=O)C=C1[C@H](CC)[C@H]3O. The Balaban J connectivity index is 1.59. The minimum Gasteiger partial charge on any atom is -0.466 e. The quantitative estimate of drug-likeness (QED) is 0.498. The maximum Gasteiger partial charge on any atom is 0.308 e. The highest BCUT2D eigenvalue weighted by molar-refractivity contribution is 5.91. The smallest absolute Gasteiger partial charge is 0.308 e. The van der Waals surface area contributed by atoms with Crippen LogP contribution in [0.1, 0.15) is 92.9 Å². The fourth-order valence-corrected chi connectivity index (χ4v) is 9.27. The summed E-state index contributed by atoms with van der Waals surface area (Å²) in [4.78, 5) is 24.6. The molecule has 33 heavy (non-hydrogen) atoms. The highest BCUT2D eigenvalue weighted by atomic mass is 16.5. The molecule has 4 rings (SSSR count). The van der Waals surface area contributed by atoms with Crippen LogP contribution in [0.2, 0.25) is 0 Å². The van der Waals surface area contributed by atoms with Gasteiger partial charge in [-0.2, -0.15) is 0 Å². The van der Waals surface area contributed by atoms with E-state index < -0.39 is 0 Å². The maximum atomic E-state index is 12.3. The lowest BCUT2D eigenvalue weighted by atomic mass is 9.43. The van der Waals surface area contributed by atoms with Crippen molar-refractivity contribution in [3.8, 4) is 0 Å². The third-order valence-corrected chi connectivity index (χ3v) is 10.8. The molecule has 3 fully saturated rings. The Kier molecular flexibility index (Phi) is 6.90. The highest BCUT2D eigenvalue weighted by Crippen LogP contribution is 2.68. The van der Waals surface area contributed by atoms with Gasteiger partial charge in [0, 0.05) is 12.3 Å². The molecular weight excluding hydrogens is 412 g/mol. The summed E-state index contributed by atoms with van der Waals surface area (Å²) in [5.41, 5.74) is 1.53. The Morgan fingerprint density at radius 2 is 1.88 bits per heavy atom. The van der Waals surface area contributed by atoms with Crippen molar-refractivity contribution in [2.75, 3.05) is 6.61 Å². The van der Waals surface area contributed by atoms with Gasteiger partial charge in [-0.3, -0.25) is 9.59 Å². The van der Waals surface area contributed by atoms with Gasteiger partial charge in [0.05, 0.1) is 18.6 Å². The maximum absolute atomic E-state index is 12.3. The average Bonchev–Trinajstić information content (AvgIpc) is 3.12. The zero-order valence-corrected chi connectivity index (χ0v) is 21.7. The van der Waals surface area contributed by atoms with Crippen molar-refractivity contribution in [3.63, 3.8) is 0 Å². The van der Waals surface area contributed by atoms with Crippen LogP contribution >= 0.6 is 0 Å². The van der Waals surface area contributed by atoms with Gasteiger partial charge in [0.1, 0.15) is 0 Å². The standard InChI is InChI=1S/C29H46O4/c1-7-20-24-16-19(30)11-13-29(24,6)23-12-14-28(5)21(9-10-22(28)25(23)26(20)31)17(3)15-18(4)27(32)33-8-2/h16-18,20-23,25-26,31H,7-15H2,1-6H3/t17-,18?,20+,21-,22?,23?,25?,26-,28-,29-/m1/s1. The van der Waals surface area contributed by atoms with Gasteiger partial charge in [0.2, 0.25) is 0 Å². The van der Waals surface area contributed by atoms with E-state index in [4.69, 9.17) is 4.74 Å². The average molecular weight is 459 g/mol. The van der Waals surface area contributed by atoms with Crippen LogP contribution in [-0.4, -0.2) is 29.6 Å². The first kappa shape index (κ1) is 24.9. The van der Waals surface area contributed by atoms with Gasteiger partial charge in [-0.1, -0.05) is 40.2 Å². The normalized spacial score (nSPS) is 44.2. The predicted molar refractivity (Wildman–Crippen MR) is 130 cm³/mol. The fraction of sp³-hybridized carbons (Fsp3) is 0.862. The van der Waals surface area contributed by atoms with Gasteiger partial charge in [0.15, 0.2) is 5.78 Å². The number of ether oxygens (including phenoxy) is 1. The molecule has 4 aliphatic rings. The minimum atomic E-state index is -0.345.